The second-order valence-electron chi connectivity index (χ2n) is 5.73. The first-order chi connectivity index (χ1) is 11.7. The average molecular weight is 327 g/mol. The molecule has 0 bridgehead atoms. The maximum atomic E-state index is 12.5. The summed E-state index contributed by atoms with van der Waals surface area (Å²) < 4.78 is 10.6. The lowest BCUT2D eigenvalue weighted by Crippen LogP contribution is -2.19. The zero-order chi connectivity index (χ0) is 16.9. The highest BCUT2D eigenvalue weighted by Crippen LogP contribution is 2.34. The largest absolute Gasteiger partial charge is 0.454 e. The van der Waals surface area contributed by atoms with Gasteiger partial charge in [0, 0.05) is 31.5 Å². The second-order valence-corrected chi connectivity index (χ2v) is 5.73. The van der Waals surface area contributed by atoms with E-state index in [1.165, 1.54) is 0 Å². The Morgan fingerprint density at radius 3 is 2.92 bits per heavy atom. The van der Waals surface area contributed by atoms with E-state index in [0.29, 0.717) is 22.7 Å². The fourth-order valence-electron chi connectivity index (χ4n) is 2.46. The highest BCUT2D eigenvalue weighted by molar-refractivity contribution is 6.04. The van der Waals surface area contributed by atoms with E-state index in [-0.39, 0.29) is 12.7 Å². The van der Waals surface area contributed by atoms with E-state index in [4.69, 9.17) is 9.47 Å². The normalized spacial score (nSPS) is 12.1. The van der Waals surface area contributed by atoms with Gasteiger partial charge in [0.2, 0.25) is 6.79 Å². The van der Waals surface area contributed by atoms with Gasteiger partial charge in [-0.2, -0.15) is 0 Å². The molecule has 1 aromatic heterocycles. The molecule has 3 rings (SSSR count). The van der Waals surface area contributed by atoms with Crippen molar-refractivity contribution in [2.75, 3.05) is 30.6 Å². The molecule has 0 fully saturated rings. The molecule has 126 valence electrons. The molecule has 0 unspecified atom stereocenters. The van der Waals surface area contributed by atoms with Gasteiger partial charge in [-0.25, -0.2) is 0 Å². The Morgan fingerprint density at radius 2 is 2.08 bits per heavy atom. The minimum Gasteiger partial charge on any atom is -0.454 e. The third kappa shape index (κ3) is 3.59. The first kappa shape index (κ1) is 16.1. The predicted octanol–water partition coefficient (Wildman–Crippen LogP) is 3.30. The van der Waals surface area contributed by atoms with Gasteiger partial charge in [0.1, 0.15) is 0 Å². The Hall–Kier alpha value is -2.76. The number of amides is 1. The number of aromatic nitrogens is 1. The predicted molar refractivity (Wildman–Crippen MR) is 92.9 cm³/mol. The summed E-state index contributed by atoms with van der Waals surface area (Å²) in [5, 5.41) is 2.86. The smallest absolute Gasteiger partial charge is 0.257 e. The molecule has 6 heteroatoms. The van der Waals surface area contributed by atoms with Crippen LogP contribution in [0.3, 0.4) is 0 Å². The van der Waals surface area contributed by atoms with Crippen molar-refractivity contribution >= 4 is 17.3 Å². The fraction of sp³-hybridized carbons (Fsp3) is 0.333. The van der Waals surface area contributed by atoms with Gasteiger partial charge < -0.3 is 19.7 Å². The quantitative estimate of drug-likeness (QED) is 0.882. The van der Waals surface area contributed by atoms with Gasteiger partial charge in [-0.05, 0) is 24.6 Å². The molecule has 1 aliphatic heterocycles. The van der Waals surface area contributed by atoms with Crippen LogP contribution in [-0.2, 0) is 0 Å². The van der Waals surface area contributed by atoms with E-state index >= 15 is 0 Å². The summed E-state index contributed by atoms with van der Waals surface area (Å²) >= 11 is 0. The third-order valence-corrected chi connectivity index (χ3v) is 3.90. The van der Waals surface area contributed by atoms with E-state index in [9.17, 15) is 4.79 Å². The van der Waals surface area contributed by atoms with Gasteiger partial charge in [-0.3, -0.25) is 9.78 Å². The molecule has 24 heavy (non-hydrogen) atoms. The maximum absolute atomic E-state index is 12.5. The Kier molecular flexibility index (Phi) is 4.84. The SMILES string of the molecule is CCCCN(C)c1cncc(C(=O)Nc2ccc3c(c2)OCO3)c1. The number of benzene rings is 1. The Balaban J connectivity index is 1.71. The van der Waals surface area contributed by atoms with E-state index in [1.807, 2.05) is 13.1 Å². The number of unbranched alkanes of at least 4 members (excludes halogenated alkanes) is 1. The summed E-state index contributed by atoms with van der Waals surface area (Å²) in [6.07, 6.45) is 5.57. The fourth-order valence-corrected chi connectivity index (χ4v) is 2.46. The lowest BCUT2D eigenvalue weighted by molar-refractivity contribution is 0.102. The van der Waals surface area contributed by atoms with Gasteiger partial charge in [-0.15, -0.1) is 0 Å². The lowest BCUT2D eigenvalue weighted by Gasteiger charge is -2.19. The van der Waals surface area contributed by atoms with Crippen LogP contribution in [0.5, 0.6) is 11.5 Å². The number of hydrogen-bond donors (Lipinski definition) is 1. The van der Waals surface area contributed by atoms with Crippen molar-refractivity contribution in [1.82, 2.24) is 4.98 Å². The molecule has 1 amide bonds. The van der Waals surface area contributed by atoms with Crippen LogP contribution in [0.1, 0.15) is 30.1 Å². The van der Waals surface area contributed by atoms with Crippen LogP contribution >= 0.6 is 0 Å². The molecule has 1 aliphatic rings. The monoisotopic (exact) mass is 327 g/mol. The van der Waals surface area contributed by atoms with Gasteiger partial charge in [0.15, 0.2) is 11.5 Å². The van der Waals surface area contributed by atoms with Crippen LogP contribution in [0.15, 0.2) is 36.7 Å². The topological polar surface area (TPSA) is 63.7 Å². The lowest BCUT2D eigenvalue weighted by atomic mass is 10.2. The Morgan fingerprint density at radius 1 is 1.25 bits per heavy atom. The number of carbonyl (C=O) groups excluding carboxylic acids is 1. The van der Waals surface area contributed by atoms with E-state index in [0.717, 1.165) is 25.1 Å². The van der Waals surface area contributed by atoms with Crippen LogP contribution in [0, 0.1) is 0 Å². The molecule has 0 saturated heterocycles. The summed E-state index contributed by atoms with van der Waals surface area (Å²) in [6, 6.07) is 7.18. The van der Waals surface area contributed by atoms with E-state index in [2.05, 4.69) is 22.1 Å². The van der Waals surface area contributed by atoms with Gasteiger partial charge in [0.05, 0.1) is 17.4 Å². The van der Waals surface area contributed by atoms with Gasteiger partial charge in [-0.1, -0.05) is 13.3 Å². The number of ether oxygens (including phenoxy) is 2. The standard InChI is InChI=1S/C18H21N3O3/c1-3-4-7-21(2)15-8-13(10-19-11-15)18(22)20-14-5-6-16-17(9-14)24-12-23-16/h5-6,8-11H,3-4,7,12H2,1-2H3,(H,20,22). The Labute approximate surface area is 141 Å². The molecule has 6 nitrogen and oxygen atoms in total. The van der Waals surface area contributed by atoms with Crippen molar-refractivity contribution in [3.63, 3.8) is 0 Å². The van der Waals surface area contributed by atoms with Crippen LogP contribution in [0.2, 0.25) is 0 Å². The molecule has 2 aromatic rings. The van der Waals surface area contributed by atoms with Crippen molar-refractivity contribution < 1.29 is 14.3 Å². The number of hydrogen-bond acceptors (Lipinski definition) is 5. The van der Waals surface area contributed by atoms with Crippen molar-refractivity contribution in [3.8, 4) is 11.5 Å². The minimum atomic E-state index is -0.202. The second kappa shape index (κ2) is 7.21. The summed E-state index contributed by atoms with van der Waals surface area (Å²) in [5.41, 5.74) is 2.12. The Bertz CT molecular complexity index is 733. The molecule has 1 aromatic carbocycles. The number of pyridine rings is 1. The van der Waals surface area contributed by atoms with E-state index in [1.54, 1.807) is 30.6 Å². The van der Waals surface area contributed by atoms with Crippen LogP contribution < -0.4 is 19.7 Å². The number of nitrogens with one attached hydrogen (secondary N) is 1. The minimum absolute atomic E-state index is 0.202. The molecular formula is C18H21N3O3. The maximum Gasteiger partial charge on any atom is 0.257 e. The van der Waals surface area contributed by atoms with Crippen LogP contribution in [-0.4, -0.2) is 31.3 Å². The van der Waals surface area contributed by atoms with Gasteiger partial charge in [0.25, 0.3) is 5.91 Å². The highest BCUT2D eigenvalue weighted by Gasteiger charge is 2.15. The van der Waals surface area contributed by atoms with Crippen molar-refractivity contribution in [2.24, 2.45) is 0 Å². The molecule has 0 aliphatic carbocycles. The van der Waals surface area contributed by atoms with E-state index < -0.39 is 0 Å². The number of fused-ring (bicyclic) bond motifs is 1. The summed E-state index contributed by atoms with van der Waals surface area (Å²) in [7, 11) is 2.01. The first-order valence-corrected chi connectivity index (χ1v) is 8.04. The van der Waals surface area contributed by atoms with Crippen LogP contribution in [0.4, 0.5) is 11.4 Å². The number of anilines is 2. The average Bonchev–Trinajstić information content (AvgIpc) is 3.07. The number of rotatable bonds is 6. The summed E-state index contributed by atoms with van der Waals surface area (Å²) in [5.74, 6) is 1.13. The molecule has 2 heterocycles. The molecule has 0 saturated carbocycles. The summed E-state index contributed by atoms with van der Waals surface area (Å²) in [6.45, 7) is 3.30. The molecule has 0 radical (unpaired) electrons. The van der Waals surface area contributed by atoms with Crippen molar-refractivity contribution in [2.45, 2.75) is 19.8 Å². The van der Waals surface area contributed by atoms with Crippen molar-refractivity contribution in [3.05, 3.63) is 42.2 Å². The summed E-state index contributed by atoms with van der Waals surface area (Å²) in [4.78, 5) is 18.8. The third-order valence-electron chi connectivity index (χ3n) is 3.90. The highest BCUT2D eigenvalue weighted by atomic mass is 16.7. The van der Waals surface area contributed by atoms with Gasteiger partial charge >= 0.3 is 0 Å². The molecule has 0 atom stereocenters. The molecule has 0 spiro atoms. The van der Waals surface area contributed by atoms with Crippen LogP contribution in [0.25, 0.3) is 0 Å². The first-order valence-electron chi connectivity index (χ1n) is 8.04. The zero-order valence-electron chi connectivity index (χ0n) is 13.9. The van der Waals surface area contributed by atoms with Crippen molar-refractivity contribution in [1.29, 1.82) is 0 Å². The molecule has 1 N–H and O–H groups in total. The molecular weight excluding hydrogens is 306 g/mol. The number of nitrogens with zero attached hydrogens (tertiary/aromatic N) is 2. The number of carbonyl (C=O) groups is 1. The zero-order valence-corrected chi connectivity index (χ0v) is 13.9.